The van der Waals surface area contributed by atoms with Crippen molar-refractivity contribution < 1.29 is 0 Å². The van der Waals surface area contributed by atoms with Gasteiger partial charge in [-0.05, 0) is 60.5 Å². The summed E-state index contributed by atoms with van der Waals surface area (Å²) in [6.07, 6.45) is 0. The lowest BCUT2D eigenvalue weighted by Gasteiger charge is -2.26. The minimum atomic E-state index is 0.0865. The number of nitrogen functional groups attached to an aromatic ring is 1. The van der Waals surface area contributed by atoms with Crippen molar-refractivity contribution in [2.75, 3.05) is 9.44 Å². The van der Waals surface area contributed by atoms with Gasteiger partial charge in [-0.15, -0.1) is 0 Å². The maximum atomic E-state index is 6.01. The maximum absolute atomic E-state index is 6.01. The number of hydrogen-bond donors (Lipinski definition) is 1. The number of halogens is 1. The summed E-state index contributed by atoms with van der Waals surface area (Å²) in [7, 11) is 0. The van der Waals surface area contributed by atoms with Gasteiger partial charge in [0.25, 0.3) is 5.95 Å². The predicted octanol–water partition coefficient (Wildman–Crippen LogP) is 5.73. The minimum Gasteiger partial charge on any atom is -0.368 e. The van der Waals surface area contributed by atoms with Gasteiger partial charge in [0.2, 0.25) is 11.2 Å². The number of hydrogen-bond acceptors (Lipinski definition) is 7. The van der Waals surface area contributed by atoms with Crippen molar-refractivity contribution in [2.45, 2.75) is 24.3 Å². The van der Waals surface area contributed by atoms with E-state index in [-0.39, 0.29) is 21.7 Å². The van der Waals surface area contributed by atoms with Gasteiger partial charge in [-0.3, -0.25) is 0 Å². The molecule has 3 aromatic rings. The fourth-order valence-electron chi connectivity index (χ4n) is 2.41. The maximum Gasteiger partial charge on any atom is 0.252 e. The Bertz CT molecular complexity index is 799. The van der Waals surface area contributed by atoms with E-state index in [9.17, 15) is 0 Å². The van der Waals surface area contributed by atoms with Crippen LogP contribution in [0.15, 0.2) is 60.7 Å². The van der Waals surface area contributed by atoms with E-state index < -0.39 is 0 Å². The topological polar surface area (TPSA) is 67.9 Å². The van der Waals surface area contributed by atoms with Crippen molar-refractivity contribution in [3.8, 4) is 0 Å². The van der Waals surface area contributed by atoms with Crippen LogP contribution in [-0.2, 0) is 0 Å². The number of benzene rings is 2. The Balaban J connectivity index is 1.86. The highest BCUT2D eigenvalue weighted by Crippen LogP contribution is 2.43. The Morgan fingerprint density at radius 2 is 1.30 bits per heavy atom. The highest BCUT2D eigenvalue weighted by atomic mass is 35.5. The summed E-state index contributed by atoms with van der Waals surface area (Å²) in [5.74, 6) is 0.545. The van der Waals surface area contributed by atoms with Gasteiger partial charge in [-0.1, -0.05) is 60.7 Å². The average Bonchev–Trinajstić information content (AvgIpc) is 2.68. The molecule has 2 N–H and O–H groups in total. The van der Waals surface area contributed by atoms with Crippen molar-refractivity contribution in [3.63, 3.8) is 0 Å². The van der Waals surface area contributed by atoms with Gasteiger partial charge >= 0.3 is 0 Å². The van der Waals surface area contributed by atoms with Crippen molar-refractivity contribution in [3.05, 3.63) is 77.1 Å². The van der Waals surface area contributed by atoms with Crippen LogP contribution in [0.4, 0.5) is 11.9 Å². The van der Waals surface area contributed by atoms with Gasteiger partial charge in [-0.25, -0.2) is 3.71 Å². The highest BCUT2D eigenvalue weighted by Gasteiger charge is 2.22. The molecule has 3 rings (SSSR count). The van der Waals surface area contributed by atoms with Crippen LogP contribution in [0.2, 0.25) is 5.28 Å². The molecule has 0 spiro atoms. The van der Waals surface area contributed by atoms with Crippen LogP contribution in [0.1, 0.15) is 35.5 Å². The molecular weight excluding hydrogens is 398 g/mol. The third kappa shape index (κ3) is 5.51. The zero-order chi connectivity index (χ0) is 19.2. The van der Waals surface area contributed by atoms with E-state index in [0.29, 0.717) is 5.95 Å². The molecule has 0 aliphatic rings. The minimum absolute atomic E-state index is 0.0865. The van der Waals surface area contributed by atoms with E-state index in [1.54, 1.807) is 23.9 Å². The monoisotopic (exact) mass is 417 g/mol. The molecule has 1 aromatic heterocycles. The average molecular weight is 418 g/mol. The van der Waals surface area contributed by atoms with Crippen molar-refractivity contribution in [2.24, 2.45) is 0 Å². The summed E-state index contributed by atoms with van der Waals surface area (Å²) >= 11 is 9.26. The molecule has 0 bridgehead atoms. The molecule has 0 radical (unpaired) electrons. The molecule has 1 heterocycles. The van der Waals surface area contributed by atoms with E-state index in [2.05, 4.69) is 53.1 Å². The Kier molecular flexibility index (Phi) is 6.82. The van der Waals surface area contributed by atoms with Crippen LogP contribution < -0.4 is 9.44 Å². The molecule has 2 atom stereocenters. The summed E-state index contributed by atoms with van der Waals surface area (Å²) in [6.45, 7) is 4.29. The molecule has 0 aliphatic heterocycles. The molecule has 0 aliphatic carbocycles. The first kappa shape index (κ1) is 19.8. The van der Waals surface area contributed by atoms with Crippen molar-refractivity contribution in [1.82, 2.24) is 15.0 Å². The van der Waals surface area contributed by atoms with E-state index >= 15 is 0 Å². The van der Waals surface area contributed by atoms with Gasteiger partial charge in [-0.2, -0.15) is 15.0 Å². The smallest absolute Gasteiger partial charge is 0.252 e. The van der Waals surface area contributed by atoms with Crippen LogP contribution in [-0.4, -0.2) is 15.0 Å². The number of rotatable bonds is 7. The first-order chi connectivity index (χ1) is 13.0. The van der Waals surface area contributed by atoms with Crippen LogP contribution in [0.25, 0.3) is 0 Å². The lowest BCUT2D eigenvalue weighted by atomic mass is 10.2. The van der Waals surface area contributed by atoms with Crippen molar-refractivity contribution >= 4 is 47.4 Å². The van der Waals surface area contributed by atoms with E-state index in [1.165, 1.54) is 11.1 Å². The fraction of sp³-hybridized carbons (Fsp3) is 0.211. The van der Waals surface area contributed by atoms with Crippen molar-refractivity contribution in [1.29, 1.82) is 0 Å². The fourth-order valence-corrected chi connectivity index (χ4v) is 5.03. The summed E-state index contributed by atoms with van der Waals surface area (Å²) in [6, 6.07) is 20.6. The van der Waals surface area contributed by atoms with E-state index in [1.807, 2.05) is 40.1 Å². The second-order valence-corrected chi connectivity index (χ2v) is 8.97. The normalized spacial score (nSPS) is 13.1. The molecule has 140 valence electrons. The van der Waals surface area contributed by atoms with Gasteiger partial charge in [0.1, 0.15) is 0 Å². The molecule has 8 heteroatoms. The number of anilines is 2. The molecule has 2 unspecified atom stereocenters. The van der Waals surface area contributed by atoms with E-state index in [0.717, 1.165) is 0 Å². The zero-order valence-electron chi connectivity index (χ0n) is 15.0. The quantitative estimate of drug-likeness (QED) is 0.492. The number of nitrogens with two attached hydrogens (primary N) is 1. The van der Waals surface area contributed by atoms with Crippen LogP contribution in [0, 0.1) is 0 Å². The Hall–Kier alpha value is -1.96. The van der Waals surface area contributed by atoms with Gasteiger partial charge in [0.15, 0.2) is 0 Å². The largest absolute Gasteiger partial charge is 0.368 e. The lowest BCUT2D eigenvalue weighted by molar-refractivity contribution is 1.04. The third-order valence-corrected chi connectivity index (χ3v) is 6.39. The molecule has 0 fully saturated rings. The summed E-state index contributed by atoms with van der Waals surface area (Å²) < 4.78 is 1.97. The molecule has 2 aromatic carbocycles. The number of nitrogens with zero attached hydrogens (tertiary/aromatic N) is 4. The molecular formula is C19H20ClN5S2. The molecule has 0 amide bonds. The first-order valence-electron chi connectivity index (χ1n) is 8.43. The SMILES string of the molecule is CC(SN(SC(C)c1ccccc1)c1nc(N)nc(Cl)n1)c1ccccc1. The lowest BCUT2D eigenvalue weighted by Crippen LogP contribution is -2.14. The van der Waals surface area contributed by atoms with Gasteiger partial charge in [0.05, 0.1) is 0 Å². The third-order valence-electron chi connectivity index (χ3n) is 3.82. The summed E-state index contributed by atoms with van der Waals surface area (Å²) in [5.41, 5.74) is 8.22. The van der Waals surface area contributed by atoms with Gasteiger partial charge < -0.3 is 5.73 Å². The second-order valence-electron chi connectivity index (χ2n) is 5.84. The summed E-state index contributed by atoms with van der Waals surface area (Å²) in [5, 5.41) is 0.473. The highest BCUT2D eigenvalue weighted by molar-refractivity contribution is 8.18. The molecule has 5 nitrogen and oxygen atoms in total. The summed E-state index contributed by atoms with van der Waals surface area (Å²) in [4.78, 5) is 12.4. The van der Waals surface area contributed by atoms with Crippen LogP contribution in [0.3, 0.4) is 0 Å². The Labute approximate surface area is 173 Å². The molecule has 27 heavy (non-hydrogen) atoms. The molecule has 0 saturated carbocycles. The first-order valence-corrected chi connectivity index (χ1v) is 10.5. The van der Waals surface area contributed by atoms with Crippen LogP contribution >= 0.6 is 35.5 Å². The zero-order valence-corrected chi connectivity index (χ0v) is 17.4. The van der Waals surface area contributed by atoms with Crippen LogP contribution in [0.5, 0.6) is 0 Å². The Morgan fingerprint density at radius 3 is 1.74 bits per heavy atom. The van der Waals surface area contributed by atoms with Gasteiger partial charge in [0, 0.05) is 10.5 Å². The number of aromatic nitrogens is 3. The predicted molar refractivity (Wildman–Crippen MR) is 117 cm³/mol. The second kappa shape index (κ2) is 9.30. The molecule has 0 saturated heterocycles. The van der Waals surface area contributed by atoms with E-state index in [4.69, 9.17) is 17.3 Å². The standard InChI is InChI=1S/C19H20ClN5S2/c1-13(15-9-5-3-6-10-15)26-25(19-23-17(20)22-18(21)24-19)27-14(2)16-11-7-4-8-12-16/h3-14H,1-2H3,(H2,21,22,23,24). The Morgan fingerprint density at radius 1 is 0.815 bits per heavy atom.